The third-order valence-electron chi connectivity index (χ3n) is 8.89. The molecule has 220 valence electrons. The molecule has 6 rings (SSSR count). The fraction of sp³-hybridized carbons (Fsp3) is 0.375. The van der Waals surface area contributed by atoms with Crippen LogP contribution >= 0.6 is 11.6 Å². The Kier molecular flexibility index (Phi) is 7.27. The van der Waals surface area contributed by atoms with E-state index in [1.807, 2.05) is 6.07 Å². The first-order valence-electron chi connectivity index (χ1n) is 14.2. The van der Waals surface area contributed by atoms with E-state index in [2.05, 4.69) is 28.6 Å². The van der Waals surface area contributed by atoms with Gasteiger partial charge in [-0.25, -0.2) is 14.2 Å². The van der Waals surface area contributed by atoms with E-state index in [0.29, 0.717) is 33.3 Å². The lowest BCUT2D eigenvalue weighted by atomic mass is 9.95. The molecule has 0 radical (unpaired) electrons. The number of aryl methyl sites for hydroxylation is 1. The van der Waals surface area contributed by atoms with Crippen molar-refractivity contribution in [2.75, 3.05) is 38.2 Å². The number of benzene rings is 2. The standard InChI is InChI=1S/C32H35ClFN5O3/c1-32(2,22-6-7-22)38-12-10-37(11-13-38)28-16-21(19-35-30(28)42-4)25-18-23(34)17-24(29(25)40)20-5-8-27(26(33)15-20)39-14-9-36(3)31(39)41/h5,8-9,14-19,22,40H,6-7,10-13H2,1-4H3. The van der Waals surface area contributed by atoms with Gasteiger partial charge in [0, 0.05) is 74.0 Å². The predicted molar refractivity (Wildman–Crippen MR) is 163 cm³/mol. The molecule has 42 heavy (non-hydrogen) atoms. The zero-order valence-corrected chi connectivity index (χ0v) is 25.0. The molecule has 2 aliphatic rings. The number of anilines is 1. The SMILES string of the molecule is COc1ncc(-c2cc(F)cc(-c3ccc(-n4ccn(C)c4=O)c(Cl)c3)c2O)cc1N1CCN(C(C)(C)C2CC2)CC1. The van der Waals surface area contributed by atoms with Crippen LogP contribution < -0.4 is 15.3 Å². The Morgan fingerprint density at radius 2 is 1.69 bits per heavy atom. The zero-order valence-electron chi connectivity index (χ0n) is 24.3. The highest BCUT2D eigenvalue weighted by molar-refractivity contribution is 6.32. The van der Waals surface area contributed by atoms with Gasteiger partial charge < -0.3 is 19.3 Å². The summed E-state index contributed by atoms with van der Waals surface area (Å²) in [5.74, 6) is 0.654. The Bertz CT molecular complexity index is 1700. The monoisotopic (exact) mass is 591 g/mol. The maximum absolute atomic E-state index is 15.1. The number of hydrogen-bond donors (Lipinski definition) is 1. The molecular formula is C32H35ClFN5O3. The minimum atomic E-state index is -0.509. The van der Waals surface area contributed by atoms with Gasteiger partial charge in [-0.2, -0.15) is 0 Å². The molecule has 1 aliphatic carbocycles. The summed E-state index contributed by atoms with van der Waals surface area (Å²) >= 11 is 6.57. The fourth-order valence-electron chi connectivity index (χ4n) is 6.10. The molecule has 0 amide bonds. The first-order valence-corrected chi connectivity index (χ1v) is 14.6. The van der Waals surface area contributed by atoms with Crippen LogP contribution in [-0.4, -0.2) is 63.0 Å². The van der Waals surface area contributed by atoms with Crippen LogP contribution in [0.2, 0.25) is 5.02 Å². The summed E-state index contributed by atoms with van der Waals surface area (Å²) in [6.07, 6.45) is 7.46. The molecule has 1 saturated heterocycles. The second kappa shape index (κ2) is 10.8. The number of halogens is 2. The van der Waals surface area contributed by atoms with Gasteiger partial charge in [0.05, 0.1) is 17.8 Å². The highest BCUT2D eigenvalue weighted by Gasteiger charge is 2.42. The van der Waals surface area contributed by atoms with Crippen LogP contribution in [0, 0.1) is 11.7 Å². The van der Waals surface area contributed by atoms with Gasteiger partial charge >= 0.3 is 5.69 Å². The van der Waals surface area contributed by atoms with E-state index in [1.165, 1.54) is 34.1 Å². The predicted octanol–water partition coefficient (Wildman–Crippen LogP) is 5.72. The number of phenolic OH excluding ortho intramolecular Hbond substituents is 1. The largest absolute Gasteiger partial charge is 0.507 e. The molecule has 1 saturated carbocycles. The molecule has 2 aromatic carbocycles. The van der Waals surface area contributed by atoms with Gasteiger partial charge in [-0.3, -0.25) is 9.47 Å². The van der Waals surface area contributed by atoms with E-state index in [0.717, 1.165) is 37.8 Å². The molecule has 0 bridgehead atoms. The summed E-state index contributed by atoms with van der Waals surface area (Å²) in [5.41, 5.74) is 2.94. The summed E-state index contributed by atoms with van der Waals surface area (Å²) in [4.78, 5) is 21.8. The Morgan fingerprint density at radius 3 is 2.29 bits per heavy atom. The number of pyridine rings is 1. The van der Waals surface area contributed by atoms with Gasteiger partial charge in [0.1, 0.15) is 17.3 Å². The molecule has 4 aromatic rings. The normalized spacial score (nSPS) is 16.2. The Hall–Kier alpha value is -3.82. The fourth-order valence-corrected chi connectivity index (χ4v) is 6.37. The van der Waals surface area contributed by atoms with Gasteiger partial charge in [-0.1, -0.05) is 17.7 Å². The highest BCUT2D eigenvalue weighted by atomic mass is 35.5. The first kappa shape index (κ1) is 28.3. The molecule has 1 N–H and O–H groups in total. The second-order valence-electron chi connectivity index (χ2n) is 11.7. The maximum atomic E-state index is 15.1. The van der Waals surface area contributed by atoms with E-state index in [-0.39, 0.29) is 22.5 Å². The highest BCUT2D eigenvalue weighted by Crippen LogP contribution is 2.44. The number of phenols is 1. The number of aromatic nitrogens is 3. The molecule has 2 aromatic heterocycles. The number of imidazole rings is 1. The third kappa shape index (κ3) is 5.05. The molecule has 0 spiro atoms. The van der Waals surface area contributed by atoms with Gasteiger partial charge in [0.15, 0.2) is 0 Å². The van der Waals surface area contributed by atoms with E-state index in [9.17, 15) is 9.90 Å². The van der Waals surface area contributed by atoms with Crippen LogP contribution in [0.4, 0.5) is 10.1 Å². The number of hydrogen-bond acceptors (Lipinski definition) is 6. The van der Waals surface area contributed by atoms with Crippen molar-refractivity contribution < 1.29 is 14.2 Å². The quantitative estimate of drug-likeness (QED) is 0.296. The lowest BCUT2D eigenvalue weighted by Crippen LogP contribution is -2.55. The number of ether oxygens (including phenoxy) is 1. The molecule has 1 aliphatic heterocycles. The molecule has 0 atom stereocenters. The van der Waals surface area contributed by atoms with Gasteiger partial charge in [0.25, 0.3) is 0 Å². The van der Waals surface area contributed by atoms with Crippen LogP contribution in [0.3, 0.4) is 0 Å². The van der Waals surface area contributed by atoms with Gasteiger partial charge in [-0.05, 0) is 68.5 Å². The van der Waals surface area contributed by atoms with Crippen molar-refractivity contribution in [3.63, 3.8) is 0 Å². The van der Waals surface area contributed by atoms with E-state index in [4.69, 9.17) is 16.3 Å². The maximum Gasteiger partial charge on any atom is 0.332 e. The summed E-state index contributed by atoms with van der Waals surface area (Å²) in [5, 5.41) is 11.7. The van der Waals surface area contributed by atoms with Crippen LogP contribution in [0.25, 0.3) is 27.9 Å². The Morgan fingerprint density at radius 1 is 1.00 bits per heavy atom. The van der Waals surface area contributed by atoms with E-state index >= 15 is 4.39 Å². The summed E-state index contributed by atoms with van der Waals surface area (Å²) in [7, 11) is 3.25. The Balaban J connectivity index is 1.32. The average molecular weight is 592 g/mol. The van der Waals surface area contributed by atoms with Crippen LogP contribution in [0.5, 0.6) is 11.6 Å². The second-order valence-corrected chi connectivity index (χ2v) is 12.1. The summed E-state index contributed by atoms with van der Waals surface area (Å²) in [6, 6.07) is 9.50. The molecule has 0 unspecified atom stereocenters. The van der Waals surface area contributed by atoms with Crippen LogP contribution in [-0.2, 0) is 7.05 Å². The average Bonchev–Trinajstić information content (AvgIpc) is 3.80. The van der Waals surface area contributed by atoms with Crippen molar-refractivity contribution in [2.45, 2.75) is 32.2 Å². The van der Waals surface area contributed by atoms with Crippen molar-refractivity contribution in [3.8, 4) is 39.6 Å². The van der Waals surface area contributed by atoms with Crippen molar-refractivity contribution in [3.05, 3.63) is 76.3 Å². The van der Waals surface area contributed by atoms with Crippen molar-refractivity contribution in [1.29, 1.82) is 0 Å². The minimum Gasteiger partial charge on any atom is -0.507 e. The molecule has 3 heterocycles. The lowest BCUT2D eigenvalue weighted by molar-refractivity contribution is 0.0918. The number of methoxy groups -OCH3 is 1. The van der Waals surface area contributed by atoms with Gasteiger partial charge in [0.2, 0.25) is 5.88 Å². The number of aromatic hydroxyl groups is 1. The third-order valence-corrected chi connectivity index (χ3v) is 9.19. The van der Waals surface area contributed by atoms with Gasteiger partial charge in [-0.15, -0.1) is 0 Å². The topological polar surface area (TPSA) is 75.8 Å². The van der Waals surface area contributed by atoms with Crippen LogP contribution in [0.1, 0.15) is 26.7 Å². The number of nitrogens with zero attached hydrogens (tertiary/aromatic N) is 5. The zero-order chi connectivity index (χ0) is 29.8. The van der Waals surface area contributed by atoms with E-state index < -0.39 is 5.82 Å². The first-order chi connectivity index (χ1) is 20.1. The lowest BCUT2D eigenvalue weighted by Gasteiger charge is -2.45. The Labute approximate surface area is 249 Å². The molecule has 10 heteroatoms. The van der Waals surface area contributed by atoms with Crippen molar-refractivity contribution in [2.24, 2.45) is 13.0 Å². The number of rotatable bonds is 7. The smallest absolute Gasteiger partial charge is 0.332 e. The summed E-state index contributed by atoms with van der Waals surface area (Å²) < 4.78 is 23.5. The molecule has 8 nitrogen and oxygen atoms in total. The number of piperazine rings is 1. The van der Waals surface area contributed by atoms with Crippen molar-refractivity contribution in [1.82, 2.24) is 19.0 Å². The molecular weight excluding hydrogens is 557 g/mol. The molecule has 2 fully saturated rings. The van der Waals surface area contributed by atoms with Crippen molar-refractivity contribution >= 4 is 17.3 Å². The summed E-state index contributed by atoms with van der Waals surface area (Å²) in [6.45, 7) is 8.17. The van der Waals surface area contributed by atoms with Crippen LogP contribution in [0.15, 0.2) is 59.8 Å². The van der Waals surface area contributed by atoms with E-state index in [1.54, 1.807) is 50.9 Å². The minimum absolute atomic E-state index is 0.0917.